The Morgan fingerprint density at radius 1 is 1.42 bits per heavy atom. The van der Waals surface area contributed by atoms with Gasteiger partial charge in [-0.15, -0.1) is 11.3 Å². The van der Waals surface area contributed by atoms with E-state index in [9.17, 15) is 4.79 Å². The predicted molar refractivity (Wildman–Crippen MR) is 82.7 cm³/mol. The number of thioether (sulfide) groups is 1. The maximum atomic E-state index is 12.1. The number of nitrogens with one attached hydrogen (secondary N) is 1. The Morgan fingerprint density at radius 2 is 2.05 bits per heavy atom. The van der Waals surface area contributed by atoms with Crippen LogP contribution in [0.4, 0.5) is 11.5 Å². The SMILES string of the molecule is CSc1nc(N)c(C(=O)Nc2c(Cl)cccc2Cl)s1. The highest BCUT2D eigenvalue weighted by Crippen LogP contribution is 2.32. The molecule has 0 atom stereocenters. The number of nitrogen functional groups attached to an aromatic ring is 1. The van der Waals surface area contributed by atoms with Gasteiger partial charge in [0.05, 0.1) is 15.7 Å². The van der Waals surface area contributed by atoms with Gasteiger partial charge in [-0.3, -0.25) is 4.79 Å². The molecule has 4 nitrogen and oxygen atoms in total. The van der Waals surface area contributed by atoms with Gasteiger partial charge in [-0.05, 0) is 18.4 Å². The minimum absolute atomic E-state index is 0.204. The number of thiazole rings is 1. The van der Waals surface area contributed by atoms with E-state index in [1.807, 2.05) is 6.26 Å². The average Bonchev–Trinajstić information content (AvgIpc) is 2.75. The Labute approximate surface area is 128 Å². The lowest BCUT2D eigenvalue weighted by molar-refractivity contribution is 0.103. The number of nitrogens with two attached hydrogens (primary N) is 1. The van der Waals surface area contributed by atoms with Gasteiger partial charge in [0, 0.05) is 0 Å². The number of benzene rings is 1. The number of anilines is 2. The fourth-order valence-electron chi connectivity index (χ4n) is 1.35. The van der Waals surface area contributed by atoms with Crippen molar-refractivity contribution in [3.8, 4) is 0 Å². The fraction of sp³-hybridized carbons (Fsp3) is 0.0909. The highest BCUT2D eigenvalue weighted by atomic mass is 35.5. The molecule has 8 heteroatoms. The molecule has 0 unspecified atom stereocenters. The van der Waals surface area contributed by atoms with Gasteiger partial charge in [-0.2, -0.15) is 0 Å². The van der Waals surface area contributed by atoms with Gasteiger partial charge < -0.3 is 11.1 Å². The predicted octanol–water partition coefficient (Wildman–Crippen LogP) is 4.01. The van der Waals surface area contributed by atoms with Crippen molar-refractivity contribution in [1.82, 2.24) is 4.98 Å². The summed E-state index contributed by atoms with van der Waals surface area (Å²) in [4.78, 5) is 16.5. The van der Waals surface area contributed by atoms with Crippen LogP contribution in [0.5, 0.6) is 0 Å². The molecule has 1 aromatic carbocycles. The third kappa shape index (κ3) is 3.14. The maximum absolute atomic E-state index is 12.1. The fourth-order valence-corrected chi connectivity index (χ4v) is 3.23. The Balaban J connectivity index is 2.28. The van der Waals surface area contributed by atoms with Gasteiger partial charge in [0.15, 0.2) is 4.34 Å². The number of carbonyl (C=O) groups is 1. The second-order valence-electron chi connectivity index (χ2n) is 3.45. The van der Waals surface area contributed by atoms with E-state index in [4.69, 9.17) is 28.9 Å². The molecule has 100 valence electrons. The molecule has 0 aliphatic rings. The molecule has 1 heterocycles. The number of halogens is 2. The third-order valence-electron chi connectivity index (χ3n) is 2.22. The van der Waals surface area contributed by atoms with Crippen molar-refractivity contribution in [3.63, 3.8) is 0 Å². The lowest BCUT2D eigenvalue weighted by atomic mass is 10.3. The number of nitrogens with zero attached hydrogens (tertiary/aromatic N) is 1. The number of hydrogen-bond donors (Lipinski definition) is 2. The first kappa shape index (κ1) is 14.5. The first-order chi connectivity index (χ1) is 9.02. The summed E-state index contributed by atoms with van der Waals surface area (Å²) in [6.45, 7) is 0. The van der Waals surface area contributed by atoms with E-state index in [1.165, 1.54) is 23.1 Å². The number of hydrogen-bond acceptors (Lipinski definition) is 5. The smallest absolute Gasteiger partial charge is 0.269 e. The number of amides is 1. The van der Waals surface area contributed by atoms with Gasteiger partial charge in [0.1, 0.15) is 10.7 Å². The molecule has 0 bridgehead atoms. The third-order valence-corrected chi connectivity index (χ3v) is 4.90. The van der Waals surface area contributed by atoms with Crippen LogP contribution in [-0.2, 0) is 0 Å². The van der Waals surface area contributed by atoms with Crippen LogP contribution < -0.4 is 11.1 Å². The topological polar surface area (TPSA) is 68.0 Å². The van der Waals surface area contributed by atoms with Crippen molar-refractivity contribution < 1.29 is 4.79 Å². The zero-order chi connectivity index (χ0) is 14.0. The van der Waals surface area contributed by atoms with Crippen molar-refractivity contribution in [2.45, 2.75) is 4.34 Å². The Morgan fingerprint density at radius 3 is 2.58 bits per heavy atom. The molecule has 0 fully saturated rings. The molecule has 1 amide bonds. The molecule has 2 rings (SSSR count). The van der Waals surface area contributed by atoms with Crippen molar-refractivity contribution in [3.05, 3.63) is 33.1 Å². The molecule has 0 saturated heterocycles. The monoisotopic (exact) mass is 333 g/mol. The second kappa shape index (κ2) is 6.00. The van der Waals surface area contributed by atoms with Crippen LogP contribution in [0.25, 0.3) is 0 Å². The molecule has 0 aliphatic carbocycles. The van der Waals surface area contributed by atoms with Crippen LogP contribution >= 0.6 is 46.3 Å². The Bertz CT molecular complexity index is 610. The molecule has 0 aliphatic heterocycles. The van der Waals surface area contributed by atoms with Crippen LogP contribution in [0, 0.1) is 0 Å². The molecule has 0 saturated carbocycles. The molecular weight excluding hydrogens is 325 g/mol. The number of aromatic nitrogens is 1. The summed E-state index contributed by atoms with van der Waals surface area (Å²) < 4.78 is 0.730. The quantitative estimate of drug-likeness (QED) is 0.833. The molecule has 19 heavy (non-hydrogen) atoms. The van der Waals surface area contributed by atoms with E-state index in [0.29, 0.717) is 20.6 Å². The second-order valence-corrected chi connectivity index (χ2v) is 6.32. The van der Waals surface area contributed by atoms with Gasteiger partial charge in [-0.25, -0.2) is 4.98 Å². The molecule has 1 aromatic heterocycles. The maximum Gasteiger partial charge on any atom is 0.269 e. The Kier molecular flexibility index (Phi) is 4.57. The summed E-state index contributed by atoms with van der Waals surface area (Å²) in [7, 11) is 0. The molecule has 0 spiro atoms. The highest BCUT2D eigenvalue weighted by Gasteiger charge is 2.18. The Hall–Kier alpha value is -0.950. The summed E-state index contributed by atoms with van der Waals surface area (Å²) in [5, 5.41) is 3.39. The van der Waals surface area contributed by atoms with E-state index < -0.39 is 0 Å². The van der Waals surface area contributed by atoms with Crippen molar-refractivity contribution in [2.75, 3.05) is 17.3 Å². The van der Waals surface area contributed by atoms with Crippen LogP contribution in [0.3, 0.4) is 0 Å². The minimum Gasteiger partial charge on any atom is -0.382 e. The van der Waals surface area contributed by atoms with Gasteiger partial charge in [0.2, 0.25) is 0 Å². The normalized spacial score (nSPS) is 10.5. The van der Waals surface area contributed by atoms with Gasteiger partial charge in [0.25, 0.3) is 5.91 Å². The van der Waals surface area contributed by atoms with E-state index in [2.05, 4.69) is 10.3 Å². The van der Waals surface area contributed by atoms with Gasteiger partial charge >= 0.3 is 0 Å². The summed E-state index contributed by atoms with van der Waals surface area (Å²) in [5.41, 5.74) is 6.08. The number of rotatable bonds is 3. The lowest BCUT2D eigenvalue weighted by Gasteiger charge is -2.07. The van der Waals surface area contributed by atoms with E-state index >= 15 is 0 Å². The van der Waals surface area contributed by atoms with Crippen LogP contribution in [0.1, 0.15) is 9.67 Å². The first-order valence-electron chi connectivity index (χ1n) is 5.08. The van der Waals surface area contributed by atoms with Crippen LogP contribution in [0.2, 0.25) is 10.0 Å². The summed E-state index contributed by atoms with van der Waals surface area (Å²) in [6.07, 6.45) is 1.87. The molecule has 3 N–H and O–H groups in total. The summed E-state index contributed by atoms with van der Waals surface area (Å²) >= 11 is 14.6. The van der Waals surface area contributed by atoms with Gasteiger partial charge in [-0.1, -0.05) is 41.0 Å². The first-order valence-corrected chi connectivity index (χ1v) is 7.88. The molecule has 2 aromatic rings. The van der Waals surface area contributed by atoms with Crippen molar-refractivity contribution in [1.29, 1.82) is 0 Å². The molecule has 0 radical (unpaired) electrons. The summed E-state index contributed by atoms with van der Waals surface area (Å²) in [6, 6.07) is 4.99. The zero-order valence-corrected chi connectivity index (χ0v) is 12.9. The minimum atomic E-state index is -0.370. The molecular formula is C11H9Cl2N3OS2. The number of para-hydroxylation sites is 1. The standard InChI is InChI=1S/C11H9Cl2N3OS2/c1-18-11-16-9(14)8(19-11)10(17)15-7-5(12)3-2-4-6(7)13/h2-4H,14H2,1H3,(H,15,17). The largest absolute Gasteiger partial charge is 0.382 e. The van der Waals surface area contributed by atoms with Crippen LogP contribution in [-0.4, -0.2) is 17.1 Å². The lowest BCUT2D eigenvalue weighted by Crippen LogP contribution is -2.12. The zero-order valence-electron chi connectivity index (χ0n) is 9.74. The average molecular weight is 334 g/mol. The van der Waals surface area contributed by atoms with E-state index in [-0.39, 0.29) is 11.7 Å². The van der Waals surface area contributed by atoms with E-state index in [0.717, 1.165) is 4.34 Å². The van der Waals surface area contributed by atoms with Crippen molar-refractivity contribution >= 4 is 63.7 Å². The summed E-state index contributed by atoms with van der Waals surface area (Å²) in [5.74, 6) is -0.166. The van der Waals surface area contributed by atoms with Crippen molar-refractivity contribution in [2.24, 2.45) is 0 Å². The van der Waals surface area contributed by atoms with Crippen LogP contribution in [0.15, 0.2) is 22.5 Å². The highest BCUT2D eigenvalue weighted by molar-refractivity contribution is 8.00. The number of carbonyl (C=O) groups excluding carboxylic acids is 1. The van der Waals surface area contributed by atoms with E-state index in [1.54, 1.807) is 18.2 Å².